The van der Waals surface area contributed by atoms with Gasteiger partial charge in [0.1, 0.15) is 11.5 Å². The van der Waals surface area contributed by atoms with E-state index >= 15 is 0 Å². The van der Waals surface area contributed by atoms with Crippen molar-refractivity contribution in [2.24, 2.45) is 0 Å². The SMILES string of the molecule is Cc1ccc(C=CC(=O)NCCCn2cccn2)o1. The lowest BCUT2D eigenvalue weighted by atomic mass is 10.3. The van der Waals surface area contributed by atoms with Gasteiger partial charge in [0.15, 0.2) is 0 Å². The first-order valence-electron chi connectivity index (χ1n) is 6.24. The molecule has 0 aromatic carbocycles. The smallest absolute Gasteiger partial charge is 0.244 e. The van der Waals surface area contributed by atoms with Gasteiger partial charge in [0, 0.05) is 31.6 Å². The Morgan fingerprint density at radius 1 is 1.53 bits per heavy atom. The predicted octanol–water partition coefficient (Wildman–Crippen LogP) is 2.00. The summed E-state index contributed by atoms with van der Waals surface area (Å²) >= 11 is 0. The molecule has 19 heavy (non-hydrogen) atoms. The van der Waals surface area contributed by atoms with Crippen LogP contribution in [0.4, 0.5) is 0 Å². The first kappa shape index (κ1) is 13.1. The predicted molar refractivity (Wildman–Crippen MR) is 72.3 cm³/mol. The number of furan rings is 1. The summed E-state index contributed by atoms with van der Waals surface area (Å²) in [6.45, 7) is 3.29. The maximum Gasteiger partial charge on any atom is 0.244 e. The molecule has 2 aromatic rings. The zero-order chi connectivity index (χ0) is 13.5. The third kappa shape index (κ3) is 4.46. The molecule has 0 saturated heterocycles. The molecule has 0 aliphatic rings. The Bertz CT molecular complexity index is 541. The second-order valence-corrected chi connectivity index (χ2v) is 4.20. The van der Waals surface area contributed by atoms with E-state index in [0.717, 1.165) is 18.7 Å². The van der Waals surface area contributed by atoms with Gasteiger partial charge in [-0.3, -0.25) is 9.48 Å². The summed E-state index contributed by atoms with van der Waals surface area (Å²) in [7, 11) is 0. The summed E-state index contributed by atoms with van der Waals surface area (Å²) in [6, 6.07) is 5.57. The summed E-state index contributed by atoms with van der Waals surface area (Å²) in [5, 5.41) is 6.90. The molecule has 0 unspecified atom stereocenters. The summed E-state index contributed by atoms with van der Waals surface area (Å²) in [5.74, 6) is 1.40. The van der Waals surface area contributed by atoms with Crippen molar-refractivity contribution < 1.29 is 9.21 Å². The minimum absolute atomic E-state index is 0.116. The number of nitrogens with zero attached hydrogens (tertiary/aromatic N) is 2. The fourth-order valence-electron chi connectivity index (χ4n) is 1.65. The molecule has 0 spiro atoms. The number of aromatic nitrogens is 2. The van der Waals surface area contributed by atoms with Crippen molar-refractivity contribution in [3.05, 3.63) is 48.2 Å². The van der Waals surface area contributed by atoms with Gasteiger partial charge in [-0.2, -0.15) is 5.10 Å². The molecule has 0 aliphatic heterocycles. The number of carbonyl (C=O) groups excluding carboxylic acids is 1. The minimum Gasteiger partial charge on any atom is -0.462 e. The van der Waals surface area contributed by atoms with Crippen LogP contribution in [-0.4, -0.2) is 22.2 Å². The summed E-state index contributed by atoms with van der Waals surface area (Å²) in [4.78, 5) is 11.5. The van der Waals surface area contributed by atoms with Gasteiger partial charge in [-0.25, -0.2) is 0 Å². The molecule has 2 rings (SSSR count). The van der Waals surface area contributed by atoms with E-state index in [-0.39, 0.29) is 5.91 Å². The van der Waals surface area contributed by atoms with Crippen LogP contribution in [0, 0.1) is 6.92 Å². The molecule has 0 aliphatic carbocycles. The first-order valence-corrected chi connectivity index (χ1v) is 6.24. The van der Waals surface area contributed by atoms with E-state index in [0.29, 0.717) is 12.3 Å². The molecular formula is C14H17N3O2. The monoisotopic (exact) mass is 259 g/mol. The molecule has 0 atom stereocenters. The largest absolute Gasteiger partial charge is 0.462 e. The van der Waals surface area contributed by atoms with Gasteiger partial charge in [-0.1, -0.05) is 0 Å². The Balaban J connectivity index is 1.66. The highest BCUT2D eigenvalue weighted by atomic mass is 16.3. The number of aryl methyl sites for hydroxylation is 2. The van der Waals surface area contributed by atoms with Crippen LogP contribution in [-0.2, 0) is 11.3 Å². The molecule has 5 nitrogen and oxygen atoms in total. The highest BCUT2D eigenvalue weighted by Gasteiger charge is 1.97. The van der Waals surface area contributed by atoms with Crippen molar-refractivity contribution in [3.63, 3.8) is 0 Å². The lowest BCUT2D eigenvalue weighted by Crippen LogP contribution is -2.23. The molecule has 0 radical (unpaired) electrons. The van der Waals surface area contributed by atoms with E-state index < -0.39 is 0 Å². The Morgan fingerprint density at radius 2 is 2.42 bits per heavy atom. The van der Waals surface area contributed by atoms with Gasteiger partial charge in [-0.05, 0) is 37.6 Å². The number of hydrogen-bond donors (Lipinski definition) is 1. The molecule has 2 heterocycles. The third-order valence-corrected chi connectivity index (χ3v) is 2.58. The molecule has 0 fully saturated rings. The fourth-order valence-corrected chi connectivity index (χ4v) is 1.65. The van der Waals surface area contributed by atoms with Gasteiger partial charge in [0.25, 0.3) is 0 Å². The summed E-state index contributed by atoms with van der Waals surface area (Å²) in [5.41, 5.74) is 0. The number of rotatable bonds is 6. The average molecular weight is 259 g/mol. The number of amides is 1. The average Bonchev–Trinajstić information content (AvgIpc) is 3.03. The maximum atomic E-state index is 11.5. The van der Waals surface area contributed by atoms with Crippen molar-refractivity contribution in [1.29, 1.82) is 0 Å². The quantitative estimate of drug-likeness (QED) is 0.637. The van der Waals surface area contributed by atoms with Crippen molar-refractivity contribution in [2.45, 2.75) is 19.9 Å². The molecule has 100 valence electrons. The lowest BCUT2D eigenvalue weighted by molar-refractivity contribution is -0.116. The van der Waals surface area contributed by atoms with Crippen LogP contribution in [0.1, 0.15) is 17.9 Å². The fraction of sp³-hybridized carbons (Fsp3) is 0.286. The molecule has 0 saturated carbocycles. The van der Waals surface area contributed by atoms with Gasteiger partial charge >= 0.3 is 0 Å². The van der Waals surface area contributed by atoms with Crippen LogP contribution in [0.5, 0.6) is 0 Å². The van der Waals surface area contributed by atoms with Crippen LogP contribution >= 0.6 is 0 Å². The number of nitrogens with one attached hydrogen (secondary N) is 1. The van der Waals surface area contributed by atoms with Gasteiger partial charge in [0.2, 0.25) is 5.91 Å². The van der Waals surface area contributed by atoms with Gasteiger partial charge < -0.3 is 9.73 Å². The first-order chi connectivity index (χ1) is 9.24. The minimum atomic E-state index is -0.116. The molecule has 5 heteroatoms. The zero-order valence-corrected chi connectivity index (χ0v) is 10.9. The zero-order valence-electron chi connectivity index (χ0n) is 10.9. The standard InChI is InChI=1S/C14H17N3O2/c1-12-4-5-13(19-12)6-7-14(18)15-8-2-10-17-11-3-9-16-17/h3-7,9,11H,2,8,10H2,1H3,(H,15,18). The molecule has 1 N–H and O–H groups in total. The van der Waals surface area contributed by atoms with Crippen LogP contribution in [0.2, 0.25) is 0 Å². The highest BCUT2D eigenvalue weighted by molar-refractivity contribution is 5.91. The summed E-state index contributed by atoms with van der Waals surface area (Å²) < 4.78 is 7.17. The second kappa shape index (κ2) is 6.58. The highest BCUT2D eigenvalue weighted by Crippen LogP contribution is 2.07. The van der Waals surface area contributed by atoms with Crippen LogP contribution in [0.15, 0.2) is 41.1 Å². The van der Waals surface area contributed by atoms with E-state index in [1.54, 1.807) is 12.3 Å². The van der Waals surface area contributed by atoms with E-state index in [1.165, 1.54) is 6.08 Å². The number of hydrogen-bond acceptors (Lipinski definition) is 3. The van der Waals surface area contributed by atoms with Crippen molar-refractivity contribution in [3.8, 4) is 0 Å². The van der Waals surface area contributed by atoms with Crippen LogP contribution < -0.4 is 5.32 Å². The maximum absolute atomic E-state index is 11.5. The molecule has 2 aromatic heterocycles. The van der Waals surface area contributed by atoms with Gasteiger partial charge in [0.05, 0.1) is 0 Å². The molecule has 0 bridgehead atoms. The van der Waals surface area contributed by atoms with Crippen molar-refractivity contribution in [1.82, 2.24) is 15.1 Å². The number of carbonyl (C=O) groups is 1. The van der Waals surface area contributed by atoms with E-state index in [2.05, 4.69) is 10.4 Å². The Kier molecular flexibility index (Phi) is 4.55. The normalized spacial score (nSPS) is 11.0. The Hall–Kier alpha value is -2.30. The van der Waals surface area contributed by atoms with Crippen molar-refractivity contribution >= 4 is 12.0 Å². The molecule has 1 amide bonds. The topological polar surface area (TPSA) is 60.1 Å². The second-order valence-electron chi connectivity index (χ2n) is 4.20. The molecular weight excluding hydrogens is 242 g/mol. The Morgan fingerprint density at radius 3 is 3.11 bits per heavy atom. The van der Waals surface area contributed by atoms with Crippen molar-refractivity contribution in [2.75, 3.05) is 6.54 Å². The Labute approximate surface area is 111 Å². The van der Waals surface area contributed by atoms with E-state index in [4.69, 9.17) is 4.42 Å². The van der Waals surface area contributed by atoms with Crippen LogP contribution in [0.25, 0.3) is 6.08 Å². The van der Waals surface area contributed by atoms with Gasteiger partial charge in [-0.15, -0.1) is 0 Å². The van der Waals surface area contributed by atoms with E-state index in [1.807, 2.05) is 36.0 Å². The van der Waals surface area contributed by atoms with E-state index in [9.17, 15) is 4.79 Å². The third-order valence-electron chi connectivity index (χ3n) is 2.58. The lowest BCUT2D eigenvalue weighted by Gasteiger charge is -2.02. The summed E-state index contributed by atoms with van der Waals surface area (Å²) in [6.07, 6.45) is 7.64. The van der Waals surface area contributed by atoms with Crippen LogP contribution in [0.3, 0.4) is 0 Å².